The van der Waals surface area contributed by atoms with Gasteiger partial charge in [-0.05, 0) is 18.2 Å². The smallest absolute Gasteiger partial charge is 0.268 e. The minimum Gasteiger partial charge on any atom is -0.496 e. The van der Waals surface area contributed by atoms with Crippen LogP contribution in [0.5, 0.6) is 5.75 Å². The molecule has 1 aromatic heterocycles. The molecule has 0 radical (unpaired) electrons. The predicted molar refractivity (Wildman–Crippen MR) is 72.9 cm³/mol. The Hall–Kier alpha value is -1.92. The average molecular weight is 278 g/mol. The summed E-state index contributed by atoms with van der Waals surface area (Å²) >= 11 is 1.58. The lowest BCUT2D eigenvalue weighted by Gasteiger charge is -2.06. The molecule has 5 nitrogen and oxygen atoms in total. The van der Waals surface area contributed by atoms with E-state index < -0.39 is 0 Å². The first-order chi connectivity index (χ1) is 9.24. The molecule has 0 unspecified atom stereocenters. The van der Waals surface area contributed by atoms with Crippen LogP contribution in [0.1, 0.15) is 16.1 Å². The Labute approximate surface area is 115 Å². The van der Waals surface area contributed by atoms with E-state index in [-0.39, 0.29) is 5.91 Å². The normalized spacial score (nSPS) is 10.2. The Morgan fingerprint density at radius 2 is 2.26 bits per heavy atom. The van der Waals surface area contributed by atoms with Crippen molar-refractivity contribution in [3.05, 3.63) is 47.9 Å². The summed E-state index contributed by atoms with van der Waals surface area (Å²) in [5, 5.41) is 0. The Bertz CT molecular complexity index is 569. The van der Waals surface area contributed by atoms with Gasteiger partial charge in [-0.3, -0.25) is 10.2 Å². The lowest BCUT2D eigenvalue weighted by Crippen LogP contribution is -2.29. The summed E-state index contributed by atoms with van der Waals surface area (Å²) in [6, 6.07) is 9.40. The summed E-state index contributed by atoms with van der Waals surface area (Å²) in [5.74, 6) is 6.82. The number of benzene rings is 1. The van der Waals surface area contributed by atoms with Crippen LogP contribution in [0.25, 0.3) is 0 Å². The number of furan rings is 1. The van der Waals surface area contributed by atoms with Crippen molar-refractivity contribution in [1.29, 1.82) is 0 Å². The fourth-order valence-corrected chi connectivity index (χ4v) is 2.46. The van der Waals surface area contributed by atoms with Gasteiger partial charge in [0.1, 0.15) is 17.8 Å². The second-order valence-corrected chi connectivity index (χ2v) is 4.73. The fourth-order valence-electron chi connectivity index (χ4n) is 1.55. The van der Waals surface area contributed by atoms with E-state index in [1.807, 2.05) is 24.3 Å². The molecule has 0 atom stereocenters. The lowest BCUT2D eigenvalue weighted by atomic mass is 10.3. The SMILES string of the molecule is COc1ccccc1SCc1cc(C(=O)NN)co1. The van der Waals surface area contributed by atoms with Gasteiger partial charge in [0, 0.05) is 4.90 Å². The molecule has 3 N–H and O–H groups in total. The second kappa shape index (κ2) is 6.31. The van der Waals surface area contributed by atoms with Crippen molar-refractivity contribution < 1.29 is 13.9 Å². The number of nitrogens with one attached hydrogen (secondary N) is 1. The number of nitrogen functional groups attached to an aromatic ring is 1. The number of para-hydroxylation sites is 1. The highest BCUT2D eigenvalue weighted by atomic mass is 32.2. The molecule has 2 aromatic rings. The highest BCUT2D eigenvalue weighted by molar-refractivity contribution is 7.98. The van der Waals surface area contributed by atoms with Crippen LogP contribution in [0.4, 0.5) is 0 Å². The van der Waals surface area contributed by atoms with Gasteiger partial charge in [0.25, 0.3) is 5.91 Å². The number of nitrogens with two attached hydrogens (primary N) is 1. The number of ether oxygens (including phenoxy) is 1. The summed E-state index contributed by atoms with van der Waals surface area (Å²) in [5.41, 5.74) is 2.48. The molecule has 0 saturated heterocycles. The molecule has 0 saturated carbocycles. The highest BCUT2D eigenvalue weighted by Crippen LogP contribution is 2.31. The average Bonchev–Trinajstić information content (AvgIpc) is 2.93. The molecule has 0 aliphatic carbocycles. The second-order valence-electron chi connectivity index (χ2n) is 3.71. The van der Waals surface area contributed by atoms with Gasteiger partial charge in [0.15, 0.2) is 0 Å². The van der Waals surface area contributed by atoms with Gasteiger partial charge in [-0.15, -0.1) is 11.8 Å². The number of thioether (sulfide) groups is 1. The number of rotatable bonds is 5. The number of carbonyl (C=O) groups is 1. The zero-order valence-corrected chi connectivity index (χ0v) is 11.2. The van der Waals surface area contributed by atoms with Crippen LogP contribution in [-0.4, -0.2) is 13.0 Å². The van der Waals surface area contributed by atoms with Crippen molar-refractivity contribution in [2.24, 2.45) is 5.84 Å². The first kappa shape index (κ1) is 13.5. The van der Waals surface area contributed by atoms with Crippen molar-refractivity contribution >= 4 is 17.7 Å². The molecule has 0 aliphatic heterocycles. The predicted octanol–water partition coefficient (Wildman–Crippen LogP) is 2.18. The molecular weight excluding hydrogens is 264 g/mol. The van der Waals surface area contributed by atoms with Crippen LogP contribution in [0.2, 0.25) is 0 Å². The molecule has 2 rings (SSSR count). The van der Waals surface area contributed by atoms with E-state index in [0.717, 1.165) is 10.6 Å². The van der Waals surface area contributed by atoms with Crippen molar-refractivity contribution in [2.75, 3.05) is 7.11 Å². The monoisotopic (exact) mass is 278 g/mol. The summed E-state index contributed by atoms with van der Waals surface area (Å²) in [6.07, 6.45) is 1.39. The Morgan fingerprint density at radius 1 is 1.47 bits per heavy atom. The largest absolute Gasteiger partial charge is 0.496 e. The molecule has 0 spiro atoms. The minimum atomic E-state index is -0.364. The van der Waals surface area contributed by atoms with Crippen molar-refractivity contribution in [3.63, 3.8) is 0 Å². The molecule has 1 amide bonds. The quantitative estimate of drug-likeness (QED) is 0.379. The summed E-state index contributed by atoms with van der Waals surface area (Å²) < 4.78 is 10.6. The van der Waals surface area contributed by atoms with Crippen LogP contribution in [0.3, 0.4) is 0 Å². The summed E-state index contributed by atoms with van der Waals surface area (Å²) in [7, 11) is 1.63. The first-order valence-corrected chi connectivity index (χ1v) is 6.57. The maximum atomic E-state index is 11.3. The Morgan fingerprint density at radius 3 is 3.00 bits per heavy atom. The number of hydrogen-bond donors (Lipinski definition) is 2. The van der Waals surface area contributed by atoms with E-state index in [1.165, 1.54) is 6.26 Å². The molecule has 100 valence electrons. The van der Waals surface area contributed by atoms with Crippen molar-refractivity contribution in [3.8, 4) is 5.75 Å². The standard InChI is InChI=1S/C13H14N2O3S/c1-17-11-4-2-3-5-12(11)19-8-10-6-9(7-18-10)13(16)15-14/h2-7H,8,14H2,1H3,(H,15,16). The molecular formula is C13H14N2O3S. The third-order valence-electron chi connectivity index (χ3n) is 2.49. The van der Waals surface area contributed by atoms with Gasteiger partial charge < -0.3 is 9.15 Å². The van der Waals surface area contributed by atoms with Crippen LogP contribution in [0, 0.1) is 0 Å². The van der Waals surface area contributed by atoms with E-state index in [4.69, 9.17) is 15.0 Å². The molecule has 0 fully saturated rings. The zero-order valence-electron chi connectivity index (χ0n) is 10.4. The maximum Gasteiger partial charge on any atom is 0.268 e. The fraction of sp³-hybridized carbons (Fsp3) is 0.154. The van der Waals surface area contributed by atoms with Gasteiger partial charge in [-0.25, -0.2) is 5.84 Å². The number of hydrazine groups is 1. The highest BCUT2D eigenvalue weighted by Gasteiger charge is 2.10. The van der Waals surface area contributed by atoms with Crippen LogP contribution in [0.15, 0.2) is 45.9 Å². The Balaban J connectivity index is 2.02. The summed E-state index contributed by atoms with van der Waals surface area (Å²) in [6.45, 7) is 0. The number of hydrogen-bond acceptors (Lipinski definition) is 5. The molecule has 1 aromatic carbocycles. The van der Waals surface area contributed by atoms with Gasteiger partial charge in [0.2, 0.25) is 0 Å². The molecule has 19 heavy (non-hydrogen) atoms. The lowest BCUT2D eigenvalue weighted by molar-refractivity contribution is 0.0953. The minimum absolute atomic E-state index is 0.364. The molecule has 0 bridgehead atoms. The van der Waals surface area contributed by atoms with Crippen molar-refractivity contribution in [2.45, 2.75) is 10.6 Å². The molecule has 6 heteroatoms. The Kier molecular flexibility index (Phi) is 4.48. The van der Waals surface area contributed by atoms with Crippen molar-refractivity contribution in [1.82, 2.24) is 5.43 Å². The third kappa shape index (κ3) is 3.30. The van der Waals surface area contributed by atoms with E-state index in [2.05, 4.69) is 5.43 Å². The summed E-state index contributed by atoms with van der Waals surface area (Å²) in [4.78, 5) is 12.3. The zero-order chi connectivity index (χ0) is 13.7. The van der Waals surface area contributed by atoms with Gasteiger partial charge in [-0.2, -0.15) is 0 Å². The van der Waals surface area contributed by atoms with E-state index in [9.17, 15) is 4.79 Å². The van der Waals surface area contributed by atoms with Gasteiger partial charge in [-0.1, -0.05) is 12.1 Å². The maximum absolute atomic E-state index is 11.3. The first-order valence-electron chi connectivity index (χ1n) is 5.58. The van der Waals surface area contributed by atoms with Gasteiger partial charge in [0.05, 0.1) is 18.4 Å². The number of carbonyl (C=O) groups excluding carboxylic acids is 1. The molecule has 0 aliphatic rings. The van der Waals surface area contributed by atoms with Crippen LogP contribution < -0.4 is 16.0 Å². The van der Waals surface area contributed by atoms with E-state index in [1.54, 1.807) is 24.9 Å². The van der Waals surface area contributed by atoms with Crippen LogP contribution in [-0.2, 0) is 5.75 Å². The number of amides is 1. The topological polar surface area (TPSA) is 77.5 Å². The van der Waals surface area contributed by atoms with E-state index in [0.29, 0.717) is 17.1 Å². The number of methoxy groups -OCH3 is 1. The van der Waals surface area contributed by atoms with Gasteiger partial charge >= 0.3 is 0 Å². The van der Waals surface area contributed by atoms with E-state index >= 15 is 0 Å². The third-order valence-corrected chi connectivity index (χ3v) is 3.56. The molecule has 1 heterocycles. The van der Waals surface area contributed by atoms with Crippen LogP contribution >= 0.6 is 11.8 Å².